The molecule has 1 aromatic heterocycles. The zero-order valence-corrected chi connectivity index (χ0v) is 9.39. The second-order valence-corrected chi connectivity index (χ2v) is 4.29. The van der Waals surface area contributed by atoms with Crippen molar-refractivity contribution in [3.8, 4) is 0 Å². The van der Waals surface area contributed by atoms with Crippen LogP contribution in [0.2, 0.25) is 0 Å². The van der Waals surface area contributed by atoms with Gasteiger partial charge in [-0.1, -0.05) is 0 Å². The molecular weight excluding hydrogens is 206 g/mol. The van der Waals surface area contributed by atoms with E-state index in [0.29, 0.717) is 37.3 Å². The molecule has 0 aliphatic carbocycles. The van der Waals surface area contributed by atoms with Crippen molar-refractivity contribution in [3.05, 3.63) is 18.0 Å². The molecule has 88 valence electrons. The third kappa shape index (κ3) is 2.04. The summed E-state index contributed by atoms with van der Waals surface area (Å²) < 4.78 is 1.74. The van der Waals surface area contributed by atoms with Gasteiger partial charge in [0.1, 0.15) is 5.69 Å². The van der Waals surface area contributed by atoms with Crippen LogP contribution in [-0.4, -0.2) is 39.7 Å². The van der Waals surface area contributed by atoms with Gasteiger partial charge in [0, 0.05) is 26.3 Å². The van der Waals surface area contributed by atoms with Crippen molar-refractivity contribution in [1.29, 1.82) is 0 Å². The fourth-order valence-electron chi connectivity index (χ4n) is 2.03. The Bertz CT molecular complexity index is 392. The fraction of sp³-hybridized carbons (Fsp3) is 0.545. The Morgan fingerprint density at radius 2 is 2.12 bits per heavy atom. The largest absolute Gasteiger partial charge is 0.397 e. The second-order valence-electron chi connectivity index (χ2n) is 4.29. The summed E-state index contributed by atoms with van der Waals surface area (Å²) in [5.74, 6) is -0.00824. The van der Waals surface area contributed by atoms with Crippen LogP contribution in [0.25, 0.3) is 0 Å². The number of carbonyl (C=O) groups is 1. The lowest BCUT2D eigenvalue weighted by Crippen LogP contribution is -2.40. The fourth-order valence-corrected chi connectivity index (χ4v) is 2.03. The van der Waals surface area contributed by atoms with E-state index in [1.807, 2.05) is 7.05 Å². The molecule has 0 atom stereocenters. The maximum Gasteiger partial charge on any atom is 0.270 e. The number of carbonyl (C=O) groups excluding carboxylic acids is 1. The van der Waals surface area contributed by atoms with Crippen molar-refractivity contribution in [1.82, 2.24) is 9.47 Å². The highest BCUT2D eigenvalue weighted by Crippen LogP contribution is 2.16. The van der Waals surface area contributed by atoms with Crippen LogP contribution >= 0.6 is 0 Å². The van der Waals surface area contributed by atoms with Crippen LogP contribution in [0.1, 0.15) is 23.3 Å². The minimum Gasteiger partial charge on any atom is -0.397 e. The zero-order valence-electron chi connectivity index (χ0n) is 9.39. The average molecular weight is 223 g/mol. The summed E-state index contributed by atoms with van der Waals surface area (Å²) in [6.07, 6.45) is 2.78. The first kappa shape index (κ1) is 11.0. The number of hydrogen-bond donors (Lipinski definition) is 2. The highest BCUT2D eigenvalue weighted by atomic mass is 16.3. The number of piperidine rings is 1. The summed E-state index contributed by atoms with van der Waals surface area (Å²) in [4.78, 5) is 13.9. The highest BCUT2D eigenvalue weighted by molar-refractivity contribution is 5.93. The van der Waals surface area contributed by atoms with E-state index in [-0.39, 0.29) is 12.0 Å². The monoisotopic (exact) mass is 223 g/mol. The number of aliphatic hydroxyl groups excluding tert-OH is 1. The average Bonchev–Trinajstić information content (AvgIpc) is 2.58. The number of aromatic nitrogens is 1. The summed E-state index contributed by atoms with van der Waals surface area (Å²) in [7, 11) is 1.81. The van der Waals surface area contributed by atoms with E-state index < -0.39 is 0 Å². The van der Waals surface area contributed by atoms with Gasteiger partial charge in [0.2, 0.25) is 0 Å². The molecule has 5 heteroatoms. The predicted molar refractivity (Wildman–Crippen MR) is 61.0 cm³/mol. The van der Waals surface area contributed by atoms with Crippen molar-refractivity contribution in [3.63, 3.8) is 0 Å². The quantitative estimate of drug-likeness (QED) is 0.714. The van der Waals surface area contributed by atoms with Crippen molar-refractivity contribution in [2.24, 2.45) is 7.05 Å². The Kier molecular flexibility index (Phi) is 2.87. The zero-order chi connectivity index (χ0) is 11.7. The predicted octanol–water partition coefficient (Wildman–Crippen LogP) is 0.204. The number of rotatable bonds is 1. The van der Waals surface area contributed by atoms with E-state index in [9.17, 15) is 9.90 Å². The number of nitrogens with two attached hydrogens (primary N) is 1. The third-order valence-electron chi connectivity index (χ3n) is 3.00. The minimum absolute atomic E-state index is 0.00824. The number of aliphatic hydroxyl groups is 1. The van der Waals surface area contributed by atoms with E-state index in [0.717, 1.165) is 0 Å². The lowest BCUT2D eigenvalue weighted by molar-refractivity contribution is 0.0538. The molecule has 0 unspecified atom stereocenters. The van der Waals surface area contributed by atoms with Crippen molar-refractivity contribution >= 4 is 11.6 Å². The van der Waals surface area contributed by atoms with Crippen LogP contribution in [0.3, 0.4) is 0 Å². The first-order valence-electron chi connectivity index (χ1n) is 5.47. The Labute approximate surface area is 94.5 Å². The molecule has 3 N–H and O–H groups in total. The number of likely N-dealkylation sites (tertiary alicyclic amines) is 1. The molecule has 2 rings (SSSR count). The molecule has 0 bridgehead atoms. The van der Waals surface area contributed by atoms with Gasteiger partial charge in [0.25, 0.3) is 5.91 Å². The molecule has 5 nitrogen and oxygen atoms in total. The number of amides is 1. The second kappa shape index (κ2) is 4.17. The molecule has 1 amide bonds. The standard InChI is InChI=1S/C11H17N3O2/c1-13-7-8(12)6-10(13)11(16)14-4-2-9(15)3-5-14/h6-7,9,15H,2-5,12H2,1H3. The van der Waals surface area contributed by atoms with Crippen LogP contribution in [0, 0.1) is 0 Å². The van der Waals surface area contributed by atoms with E-state index in [4.69, 9.17) is 5.73 Å². The summed E-state index contributed by atoms with van der Waals surface area (Å²) >= 11 is 0. The number of aryl methyl sites for hydroxylation is 1. The molecule has 1 fully saturated rings. The molecule has 0 aromatic carbocycles. The number of hydrogen-bond acceptors (Lipinski definition) is 3. The molecule has 0 saturated carbocycles. The molecule has 1 aliphatic rings. The van der Waals surface area contributed by atoms with Crippen LogP contribution < -0.4 is 5.73 Å². The third-order valence-corrected chi connectivity index (χ3v) is 3.00. The van der Waals surface area contributed by atoms with Gasteiger partial charge in [0.05, 0.1) is 11.8 Å². The van der Waals surface area contributed by atoms with Crippen LogP contribution in [0.5, 0.6) is 0 Å². The molecule has 1 aliphatic heterocycles. The topological polar surface area (TPSA) is 71.5 Å². The van der Waals surface area contributed by atoms with Crippen molar-refractivity contribution in [2.75, 3.05) is 18.8 Å². The summed E-state index contributed by atoms with van der Waals surface area (Å²) in [5.41, 5.74) is 6.84. The number of nitrogens with zero attached hydrogens (tertiary/aromatic N) is 2. The molecule has 0 spiro atoms. The van der Waals surface area contributed by atoms with Gasteiger partial charge in [-0.15, -0.1) is 0 Å². The number of nitrogen functional groups attached to an aromatic ring is 1. The normalized spacial score (nSPS) is 17.8. The molecule has 16 heavy (non-hydrogen) atoms. The minimum atomic E-state index is -0.262. The summed E-state index contributed by atoms with van der Waals surface area (Å²) in [6.45, 7) is 1.23. The first-order valence-corrected chi connectivity index (χ1v) is 5.47. The molecule has 0 radical (unpaired) electrons. The van der Waals surface area contributed by atoms with Gasteiger partial charge in [-0.05, 0) is 18.9 Å². The van der Waals surface area contributed by atoms with Gasteiger partial charge in [-0.25, -0.2) is 0 Å². The van der Waals surface area contributed by atoms with Crippen LogP contribution in [0.15, 0.2) is 12.3 Å². The molecular formula is C11H17N3O2. The molecule has 1 aromatic rings. The Hall–Kier alpha value is -1.49. The SMILES string of the molecule is Cn1cc(N)cc1C(=O)N1CCC(O)CC1. The first-order chi connectivity index (χ1) is 7.58. The highest BCUT2D eigenvalue weighted by Gasteiger charge is 2.23. The molecule has 2 heterocycles. The maximum absolute atomic E-state index is 12.1. The van der Waals surface area contributed by atoms with Crippen molar-refractivity contribution < 1.29 is 9.90 Å². The smallest absolute Gasteiger partial charge is 0.270 e. The van der Waals surface area contributed by atoms with Gasteiger partial charge in [-0.2, -0.15) is 0 Å². The van der Waals surface area contributed by atoms with E-state index in [1.165, 1.54) is 0 Å². The Morgan fingerprint density at radius 1 is 1.50 bits per heavy atom. The lowest BCUT2D eigenvalue weighted by Gasteiger charge is -2.29. The van der Waals surface area contributed by atoms with Crippen LogP contribution in [0.4, 0.5) is 5.69 Å². The number of anilines is 1. The van der Waals surface area contributed by atoms with Gasteiger partial charge in [-0.3, -0.25) is 4.79 Å². The van der Waals surface area contributed by atoms with Crippen molar-refractivity contribution in [2.45, 2.75) is 18.9 Å². The summed E-state index contributed by atoms with van der Waals surface area (Å²) in [5, 5.41) is 9.37. The van der Waals surface area contributed by atoms with E-state index >= 15 is 0 Å². The summed E-state index contributed by atoms with van der Waals surface area (Å²) in [6, 6.07) is 1.69. The Balaban J connectivity index is 2.10. The van der Waals surface area contributed by atoms with Gasteiger partial charge < -0.3 is 20.3 Å². The van der Waals surface area contributed by atoms with Crippen LogP contribution in [-0.2, 0) is 7.05 Å². The van der Waals surface area contributed by atoms with E-state index in [2.05, 4.69) is 0 Å². The lowest BCUT2D eigenvalue weighted by atomic mass is 10.1. The molecule has 1 saturated heterocycles. The van der Waals surface area contributed by atoms with Gasteiger partial charge >= 0.3 is 0 Å². The van der Waals surface area contributed by atoms with Gasteiger partial charge in [0.15, 0.2) is 0 Å². The Morgan fingerprint density at radius 3 is 2.62 bits per heavy atom. The van der Waals surface area contributed by atoms with E-state index in [1.54, 1.807) is 21.7 Å². The maximum atomic E-state index is 12.1.